The molecule has 1 heterocycles. The lowest BCUT2D eigenvalue weighted by atomic mass is 10.0. The molecule has 1 aliphatic rings. The summed E-state index contributed by atoms with van der Waals surface area (Å²) in [5, 5.41) is 3.38. The van der Waals surface area contributed by atoms with Gasteiger partial charge >= 0.3 is 0 Å². The van der Waals surface area contributed by atoms with Gasteiger partial charge < -0.3 is 5.32 Å². The third-order valence-electron chi connectivity index (χ3n) is 2.63. The number of nitrogens with one attached hydrogen (secondary N) is 1. The predicted molar refractivity (Wildman–Crippen MR) is 58.5 cm³/mol. The summed E-state index contributed by atoms with van der Waals surface area (Å²) >= 11 is 0. The summed E-state index contributed by atoms with van der Waals surface area (Å²) in [4.78, 5) is 0. The minimum atomic E-state index is 0.610. The van der Waals surface area contributed by atoms with Crippen LogP contribution in [0.5, 0.6) is 0 Å². The van der Waals surface area contributed by atoms with Crippen LogP contribution in [0.15, 0.2) is 24.4 Å². The molecule has 74 valence electrons. The van der Waals surface area contributed by atoms with E-state index in [-0.39, 0.29) is 0 Å². The van der Waals surface area contributed by atoms with Crippen LogP contribution in [0.3, 0.4) is 0 Å². The fraction of sp³-hybridized carbons (Fsp3) is 0.667. The maximum atomic E-state index is 3.97. The molecule has 0 radical (unpaired) electrons. The molecule has 0 spiro atoms. The largest absolute Gasteiger partial charge is 0.382 e. The Morgan fingerprint density at radius 3 is 2.62 bits per heavy atom. The van der Waals surface area contributed by atoms with Crippen LogP contribution in [0.25, 0.3) is 0 Å². The molecule has 0 saturated carbocycles. The summed E-state index contributed by atoms with van der Waals surface area (Å²) in [6.07, 6.45) is 5.00. The van der Waals surface area contributed by atoms with Crippen molar-refractivity contribution < 1.29 is 0 Å². The van der Waals surface area contributed by atoms with Crippen LogP contribution < -0.4 is 5.32 Å². The van der Waals surface area contributed by atoms with Crippen LogP contribution in [0, 0.1) is 5.92 Å². The van der Waals surface area contributed by atoms with Gasteiger partial charge in [-0.25, -0.2) is 0 Å². The minimum absolute atomic E-state index is 0.610. The van der Waals surface area contributed by atoms with Crippen molar-refractivity contribution in [2.75, 3.05) is 0 Å². The van der Waals surface area contributed by atoms with Crippen LogP contribution in [0.4, 0.5) is 0 Å². The maximum Gasteiger partial charge on any atom is 0.0302 e. The van der Waals surface area contributed by atoms with Gasteiger partial charge in [-0.3, -0.25) is 0 Å². The summed E-state index contributed by atoms with van der Waals surface area (Å²) in [7, 11) is 0. The van der Waals surface area contributed by atoms with Crippen molar-refractivity contribution in [2.45, 2.75) is 45.6 Å². The van der Waals surface area contributed by atoms with Gasteiger partial charge in [0.25, 0.3) is 0 Å². The molecule has 0 aromatic carbocycles. The lowest BCUT2D eigenvalue weighted by molar-refractivity contribution is 0.484. The van der Waals surface area contributed by atoms with Crippen molar-refractivity contribution in [2.24, 2.45) is 5.92 Å². The number of allylic oxidation sites excluding steroid dienone is 1. The second kappa shape index (κ2) is 4.50. The van der Waals surface area contributed by atoms with Gasteiger partial charge in [0, 0.05) is 11.7 Å². The minimum Gasteiger partial charge on any atom is -0.382 e. The van der Waals surface area contributed by atoms with Gasteiger partial charge in [0.1, 0.15) is 0 Å². The van der Waals surface area contributed by atoms with Gasteiger partial charge in [-0.05, 0) is 24.3 Å². The second-order valence-electron chi connectivity index (χ2n) is 4.45. The van der Waals surface area contributed by atoms with E-state index in [4.69, 9.17) is 0 Å². The van der Waals surface area contributed by atoms with E-state index in [2.05, 4.69) is 32.3 Å². The van der Waals surface area contributed by atoms with Crippen molar-refractivity contribution >= 4 is 0 Å². The summed E-state index contributed by atoms with van der Waals surface area (Å²) in [5.74, 6) is 0.827. The average Bonchev–Trinajstić information content (AvgIpc) is 2.30. The topological polar surface area (TPSA) is 12.0 Å². The monoisotopic (exact) mass is 179 g/mol. The third-order valence-corrected chi connectivity index (χ3v) is 2.63. The normalized spacial score (nSPS) is 22.5. The molecule has 0 aromatic rings. The molecule has 13 heavy (non-hydrogen) atoms. The molecule has 1 unspecified atom stereocenters. The molecule has 1 saturated heterocycles. The third kappa shape index (κ3) is 3.25. The highest BCUT2D eigenvalue weighted by Gasteiger charge is 2.19. The summed E-state index contributed by atoms with van der Waals surface area (Å²) < 4.78 is 0. The standard InChI is InChI=1S/C12H21N/c1-9(2)6-5-7-12-8-10(3)11(4)13-12/h9,12-13H,3-8H2,1-2H3. The molecule has 1 heteroatoms. The van der Waals surface area contributed by atoms with Crippen LogP contribution in [0.1, 0.15) is 39.5 Å². The lowest BCUT2D eigenvalue weighted by Crippen LogP contribution is -2.19. The van der Waals surface area contributed by atoms with Crippen LogP contribution in [0.2, 0.25) is 0 Å². The summed E-state index contributed by atoms with van der Waals surface area (Å²) in [6, 6.07) is 0.610. The highest BCUT2D eigenvalue weighted by Crippen LogP contribution is 2.23. The fourth-order valence-electron chi connectivity index (χ4n) is 1.77. The smallest absolute Gasteiger partial charge is 0.0302 e. The molecule has 1 fully saturated rings. The zero-order chi connectivity index (χ0) is 9.84. The van der Waals surface area contributed by atoms with Gasteiger partial charge in [-0.15, -0.1) is 0 Å². The Bertz CT molecular complexity index is 187. The van der Waals surface area contributed by atoms with E-state index in [1.165, 1.54) is 24.8 Å². The summed E-state index contributed by atoms with van der Waals surface area (Å²) in [6.45, 7) is 12.4. The van der Waals surface area contributed by atoms with Crippen molar-refractivity contribution in [3.63, 3.8) is 0 Å². The SMILES string of the molecule is C=C1CC(CCCC(C)C)NC1=C. The van der Waals surface area contributed by atoms with E-state index in [0.29, 0.717) is 6.04 Å². The second-order valence-corrected chi connectivity index (χ2v) is 4.45. The molecule has 1 N–H and O–H groups in total. The molecule has 1 atom stereocenters. The fourth-order valence-corrected chi connectivity index (χ4v) is 1.77. The van der Waals surface area contributed by atoms with Gasteiger partial charge in [-0.1, -0.05) is 39.8 Å². The zero-order valence-electron chi connectivity index (χ0n) is 8.90. The van der Waals surface area contributed by atoms with Crippen molar-refractivity contribution in [1.29, 1.82) is 0 Å². The van der Waals surface area contributed by atoms with E-state index >= 15 is 0 Å². The van der Waals surface area contributed by atoms with Crippen molar-refractivity contribution in [1.82, 2.24) is 5.32 Å². The molecule has 1 rings (SSSR count). The molecular formula is C12H21N. The Morgan fingerprint density at radius 2 is 2.15 bits per heavy atom. The first kappa shape index (κ1) is 10.4. The first-order chi connectivity index (χ1) is 6.09. The molecule has 0 aromatic heterocycles. The molecule has 0 amide bonds. The Kier molecular flexibility index (Phi) is 3.58. The Balaban J connectivity index is 2.17. The van der Waals surface area contributed by atoms with Crippen LogP contribution >= 0.6 is 0 Å². The highest BCUT2D eigenvalue weighted by molar-refractivity contribution is 5.30. The number of hydrogen-bond donors (Lipinski definition) is 1. The molecule has 0 aliphatic carbocycles. The van der Waals surface area contributed by atoms with E-state index < -0.39 is 0 Å². The van der Waals surface area contributed by atoms with E-state index in [1.54, 1.807) is 0 Å². The van der Waals surface area contributed by atoms with Gasteiger partial charge in [0.2, 0.25) is 0 Å². The van der Waals surface area contributed by atoms with Gasteiger partial charge in [0.05, 0.1) is 0 Å². The average molecular weight is 179 g/mol. The number of hydrogen-bond acceptors (Lipinski definition) is 1. The Hall–Kier alpha value is -0.720. The Morgan fingerprint density at radius 1 is 1.46 bits per heavy atom. The van der Waals surface area contributed by atoms with Crippen molar-refractivity contribution in [3.8, 4) is 0 Å². The molecule has 0 bridgehead atoms. The van der Waals surface area contributed by atoms with Gasteiger partial charge in [0.15, 0.2) is 0 Å². The van der Waals surface area contributed by atoms with E-state index in [0.717, 1.165) is 18.0 Å². The van der Waals surface area contributed by atoms with Crippen LogP contribution in [-0.2, 0) is 0 Å². The lowest BCUT2D eigenvalue weighted by Gasteiger charge is -2.10. The van der Waals surface area contributed by atoms with E-state index in [9.17, 15) is 0 Å². The maximum absolute atomic E-state index is 3.97. The number of rotatable bonds is 4. The molecule has 1 nitrogen and oxygen atoms in total. The summed E-state index contributed by atoms with van der Waals surface area (Å²) in [5.41, 5.74) is 2.24. The van der Waals surface area contributed by atoms with Gasteiger partial charge in [-0.2, -0.15) is 0 Å². The zero-order valence-corrected chi connectivity index (χ0v) is 8.90. The Labute approximate surface area is 81.9 Å². The molecular weight excluding hydrogens is 158 g/mol. The quantitative estimate of drug-likeness (QED) is 0.698. The van der Waals surface area contributed by atoms with Crippen LogP contribution in [-0.4, -0.2) is 6.04 Å². The van der Waals surface area contributed by atoms with Crippen molar-refractivity contribution in [3.05, 3.63) is 24.4 Å². The first-order valence-corrected chi connectivity index (χ1v) is 5.23. The first-order valence-electron chi connectivity index (χ1n) is 5.23. The van der Waals surface area contributed by atoms with E-state index in [1.807, 2.05) is 0 Å². The highest BCUT2D eigenvalue weighted by atomic mass is 15.0. The molecule has 1 aliphatic heterocycles. The predicted octanol–water partition coefficient (Wildman–Crippen LogP) is 3.24.